The van der Waals surface area contributed by atoms with Crippen molar-refractivity contribution >= 4 is 0 Å². The first-order valence-electron chi connectivity index (χ1n) is 14.9. The van der Waals surface area contributed by atoms with Crippen molar-refractivity contribution in [1.29, 1.82) is 0 Å². The number of aromatic nitrogens is 1. The van der Waals surface area contributed by atoms with Crippen molar-refractivity contribution in [3.8, 4) is 33.8 Å². The Bertz CT molecular complexity index is 1420. The fourth-order valence-electron chi connectivity index (χ4n) is 5.64. The van der Waals surface area contributed by atoms with Gasteiger partial charge in [0.2, 0.25) is 12.6 Å². The average molecular weight is 644 g/mol. The molecule has 2 aliphatic rings. The lowest BCUT2D eigenvalue weighted by molar-refractivity contribution is -0.314. The summed E-state index contributed by atoms with van der Waals surface area (Å²) in [5.41, 5.74) is 0.766. The highest BCUT2D eigenvalue weighted by molar-refractivity contribution is 5.73. The van der Waals surface area contributed by atoms with Crippen molar-refractivity contribution in [3.63, 3.8) is 0 Å². The van der Waals surface area contributed by atoms with Gasteiger partial charge in [-0.3, -0.25) is 4.98 Å². The molecule has 10 atom stereocenters. The van der Waals surface area contributed by atoms with E-state index in [1.54, 1.807) is 50.5 Å². The standard InChI is InChI=1S/C33H41NO12/c1-16-9-18(5-7-22(16)43-30-32(3,41)28(39)26(37)24(14-35)45-30)20-11-21(13-34-12-20)19-6-8-23(17(2)10-19)44-31-33(4,42)29(40)27(38)25(15-36)46-31/h5-13,24-31,35-42H,14-15H2,1-4H3/t24-,25-,26-,27-,28+,29+,30+,31+,32-,33+/m1/s1. The minimum Gasteiger partial charge on any atom is -0.461 e. The van der Waals surface area contributed by atoms with Gasteiger partial charge in [-0.2, -0.15) is 0 Å². The van der Waals surface area contributed by atoms with Crippen molar-refractivity contribution in [2.75, 3.05) is 13.2 Å². The summed E-state index contributed by atoms with van der Waals surface area (Å²) in [6, 6.07) is 12.7. The highest BCUT2D eigenvalue weighted by Gasteiger charge is 2.54. The molecule has 0 unspecified atom stereocenters. The third-order valence-corrected chi connectivity index (χ3v) is 8.74. The van der Waals surface area contributed by atoms with Gasteiger partial charge in [0.05, 0.1) is 13.2 Å². The Balaban J connectivity index is 1.33. The van der Waals surface area contributed by atoms with E-state index in [0.717, 1.165) is 22.3 Å². The first-order chi connectivity index (χ1) is 21.7. The van der Waals surface area contributed by atoms with E-state index in [1.165, 1.54) is 13.8 Å². The molecule has 8 N–H and O–H groups in total. The SMILES string of the molecule is Cc1cc(-c2cncc(-c3ccc(O[C@H]4O[C@H](CO)[C@@H](O)[C@H](O)[C@]4(C)O)c(C)c3)c2)ccc1O[C@H]1O[C@H](CO)[C@@H](O)[C@H](O)[C@@]1(C)O. The Hall–Kier alpha value is -3.21. The highest BCUT2D eigenvalue weighted by atomic mass is 16.7. The van der Waals surface area contributed by atoms with Crippen LogP contribution in [0, 0.1) is 13.8 Å². The Morgan fingerprint density at radius 3 is 1.39 bits per heavy atom. The van der Waals surface area contributed by atoms with Gasteiger partial charge in [0.25, 0.3) is 0 Å². The van der Waals surface area contributed by atoms with Gasteiger partial charge in [-0.15, -0.1) is 0 Å². The maximum absolute atomic E-state index is 10.8. The summed E-state index contributed by atoms with van der Waals surface area (Å²) in [5.74, 6) is 0.746. The molecular formula is C33H41NO12. The van der Waals surface area contributed by atoms with Crippen molar-refractivity contribution in [2.45, 2.75) is 88.1 Å². The fraction of sp³-hybridized carbons (Fsp3) is 0.485. The Morgan fingerprint density at radius 1 is 0.652 bits per heavy atom. The number of hydrogen-bond acceptors (Lipinski definition) is 13. The quantitative estimate of drug-likeness (QED) is 0.165. The monoisotopic (exact) mass is 643 g/mol. The molecule has 46 heavy (non-hydrogen) atoms. The van der Waals surface area contributed by atoms with Gasteiger partial charge in [0.15, 0.2) is 11.2 Å². The first kappa shape index (κ1) is 34.1. The number of aliphatic hydroxyl groups excluding tert-OH is 6. The van der Waals surface area contributed by atoms with Crippen LogP contribution in [0.25, 0.3) is 22.3 Å². The number of hydrogen-bond donors (Lipinski definition) is 8. The molecule has 0 radical (unpaired) electrons. The molecule has 13 nitrogen and oxygen atoms in total. The fourth-order valence-corrected chi connectivity index (χ4v) is 5.64. The van der Waals surface area contributed by atoms with Crippen molar-refractivity contribution < 1.29 is 59.8 Å². The second kappa shape index (κ2) is 13.1. The van der Waals surface area contributed by atoms with Gasteiger partial charge in [0, 0.05) is 23.5 Å². The van der Waals surface area contributed by atoms with Crippen LogP contribution in [0.3, 0.4) is 0 Å². The Morgan fingerprint density at radius 2 is 1.04 bits per heavy atom. The summed E-state index contributed by atoms with van der Waals surface area (Å²) in [7, 11) is 0. The largest absolute Gasteiger partial charge is 0.461 e. The van der Waals surface area contributed by atoms with Gasteiger partial charge in [-0.25, -0.2) is 0 Å². The number of aryl methyl sites for hydroxylation is 2. The van der Waals surface area contributed by atoms with Gasteiger partial charge < -0.3 is 59.8 Å². The third-order valence-electron chi connectivity index (χ3n) is 8.74. The minimum absolute atomic E-state index is 0.373. The second-order valence-corrected chi connectivity index (χ2v) is 12.4. The molecule has 3 aromatic rings. The van der Waals surface area contributed by atoms with Crippen LogP contribution in [0.5, 0.6) is 11.5 Å². The van der Waals surface area contributed by atoms with Crippen LogP contribution in [0.1, 0.15) is 25.0 Å². The maximum Gasteiger partial charge on any atom is 0.231 e. The molecule has 2 fully saturated rings. The van der Waals surface area contributed by atoms with E-state index in [-0.39, 0.29) is 0 Å². The molecule has 1 aromatic heterocycles. The summed E-state index contributed by atoms with van der Waals surface area (Å²) in [6.45, 7) is 5.05. The van der Waals surface area contributed by atoms with Gasteiger partial charge in [-0.05, 0) is 80.3 Å². The molecular weight excluding hydrogens is 602 g/mol. The number of pyridine rings is 1. The molecule has 2 saturated heterocycles. The molecule has 0 aliphatic carbocycles. The van der Waals surface area contributed by atoms with Crippen LogP contribution in [0.2, 0.25) is 0 Å². The van der Waals surface area contributed by atoms with Crippen molar-refractivity contribution in [1.82, 2.24) is 4.98 Å². The predicted octanol–water partition coefficient (Wildman–Crippen LogP) is 0.170. The minimum atomic E-state index is -1.94. The van der Waals surface area contributed by atoms with Crippen LogP contribution in [-0.2, 0) is 9.47 Å². The van der Waals surface area contributed by atoms with Gasteiger partial charge in [0.1, 0.15) is 48.1 Å². The summed E-state index contributed by atoms with van der Waals surface area (Å²) < 4.78 is 22.9. The molecule has 0 spiro atoms. The number of nitrogens with zero attached hydrogens (tertiary/aromatic N) is 1. The zero-order valence-corrected chi connectivity index (χ0v) is 25.9. The Labute approximate surface area is 265 Å². The third kappa shape index (κ3) is 6.36. The molecule has 13 heteroatoms. The molecule has 0 amide bonds. The maximum atomic E-state index is 10.8. The molecule has 2 aliphatic heterocycles. The molecule has 0 bridgehead atoms. The van der Waals surface area contributed by atoms with Crippen molar-refractivity contribution in [2.24, 2.45) is 0 Å². The lowest BCUT2D eigenvalue weighted by atomic mass is 9.88. The van der Waals surface area contributed by atoms with Crippen LogP contribution in [-0.4, -0.2) is 119 Å². The van der Waals surface area contributed by atoms with E-state index < -0.39 is 73.6 Å². The number of rotatable bonds is 8. The lowest BCUT2D eigenvalue weighted by Gasteiger charge is -2.45. The number of benzene rings is 2. The average Bonchev–Trinajstić information content (AvgIpc) is 3.03. The molecule has 0 saturated carbocycles. The van der Waals surface area contributed by atoms with E-state index in [9.17, 15) is 40.9 Å². The highest BCUT2D eigenvalue weighted by Crippen LogP contribution is 2.36. The predicted molar refractivity (Wildman–Crippen MR) is 163 cm³/mol. The zero-order valence-electron chi connectivity index (χ0n) is 25.9. The molecule has 5 rings (SSSR count). The smallest absolute Gasteiger partial charge is 0.231 e. The van der Waals surface area contributed by atoms with Crippen LogP contribution >= 0.6 is 0 Å². The summed E-state index contributed by atoms with van der Waals surface area (Å²) >= 11 is 0. The molecule has 2 aromatic carbocycles. The second-order valence-electron chi connectivity index (χ2n) is 12.4. The van der Waals surface area contributed by atoms with E-state index in [4.69, 9.17) is 18.9 Å². The van der Waals surface area contributed by atoms with E-state index in [1.807, 2.05) is 18.2 Å². The van der Waals surface area contributed by atoms with Crippen LogP contribution in [0.15, 0.2) is 54.9 Å². The Kier molecular flexibility index (Phi) is 9.74. The van der Waals surface area contributed by atoms with Gasteiger partial charge >= 0.3 is 0 Å². The first-order valence-corrected chi connectivity index (χ1v) is 14.9. The summed E-state index contributed by atoms with van der Waals surface area (Å²) in [6.07, 6.45) is -7.71. The zero-order chi connectivity index (χ0) is 33.6. The van der Waals surface area contributed by atoms with Gasteiger partial charge in [-0.1, -0.05) is 12.1 Å². The summed E-state index contributed by atoms with van der Waals surface area (Å²) in [4.78, 5) is 4.41. The number of ether oxygens (including phenoxy) is 4. The molecule has 3 heterocycles. The normalized spacial score (nSPS) is 34.7. The topological polar surface area (TPSA) is 212 Å². The lowest BCUT2D eigenvalue weighted by Crippen LogP contribution is -2.66. The van der Waals surface area contributed by atoms with Crippen LogP contribution < -0.4 is 9.47 Å². The van der Waals surface area contributed by atoms with E-state index in [2.05, 4.69) is 4.98 Å². The molecule has 250 valence electrons. The number of aliphatic hydroxyl groups is 8. The van der Waals surface area contributed by atoms with E-state index >= 15 is 0 Å². The van der Waals surface area contributed by atoms with Crippen LogP contribution in [0.4, 0.5) is 0 Å². The summed E-state index contributed by atoms with van der Waals surface area (Å²) in [5, 5.41) is 81.6. The van der Waals surface area contributed by atoms with E-state index in [0.29, 0.717) is 22.6 Å². The van der Waals surface area contributed by atoms with Crippen molar-refractivity contribution in [3.05, 3.63) is 66.0 Å².